The van der Waals surface area contributed by atoms with Crippen LogP contribution in [0.5, 0.6) is 0 Å². The molecule has 0 saturated heterocycles. The second-order valence-corrected chi connectivity index (χ2v) is 9.91. The molecule has 0 spiro atoms. The van der Waals surface area contributed by atoms with Crippen molar-refractivity contribution in [3.05, 3.63) is 88.1 Å². The summed E-state index contributed by atoms with van der Waals surface area (Å²) in [4.78, 5) is 29.9. The normalized spacial score (nSPS) is 11.5. The summed E-state index contributed by atoms with van der Waals surface area (Å²) in [5, 5.41) is 2.83. The highest BCUT2D eigenvalue weighted by molar-refractivity contribution is 7.90. The summed E-state index contributed by atoms with van der Waals surface area (Å²) < 4.78 is 38.8. The summed E-state index contributed by atoms with van der Waals surface area (Å²) >= 11 is 1.11. The molecule has 31 heavy (non-hydrogen) atoms. The van der Waals surface area contributed by atoms with Crippen molar-refractivity contribution < 1.29 is 17.6 Å². The molecule has 0 fully saturated rings. The van der Waals surface area contributed by atoms with Gasteiger partial charge in [0.2, 0.25) is 0 Å². The zero-order valence-corrected chi connectivity index (χ0v) is 17.8. The number of thiazole rings is 1. The highest BCUT2D eigenvalue weighted by Gasteiger charge is 2.16. The van der Waals surface area contributed by atoms with Gasteiger partial charge in [0.05, 0.1) is 21.7 Å². The molecule has 0 unspecified atom stereocenters. The van der Waals surface area contributed by atoms with E-state index >= 15 is 0 Å². The minimum absolute atomic E-state index is 0.0880. The number of anilines is 1. The van der Waals surface area contributed by atoms with Crippen LogP contribution in [0, 0.1) is 5.82 Å². The molecule has 0 aliphatic heterocycles. The zero-order chi connectivity index (χ0) is 22.2. The molecule has 7 nitrogen and oxygen atoms in total. The van der Waals surface area contributed by atoms with Gasteiger partial charge in [-0.3, -0.25) is 14.9 Å². The number of benzene rings is 2. The predicted molar refractivity (Wildman–Crippen MR) is 117 cm³/mol. The first-order valence-electron chi connectivity index (χ1n) is 9.06. The molecule has 1 amide bonds. The van der Waals surface area contributed by atoms with E-state index in [-0.39, 0.29) is 22.1 Å². The SMILES string of the molecule is CS(=O)(=O)c1ccc2nc(NC(=O)c3cccn(Cc4cccc(F)c4)c3=O)sc2c1. The van der Waals surface area contributed by atoms with Crippen LogP contribution in [0.3, 0.4) is 0 Å². The Hall–Kier alpha value is -3.37. The van der Waals surface area contributed by atoms with Gasteiger partial charge in [-0.1, -0.05) is 23.5 Å². The molecule has 4 aromatic rings. The number of aromatic nitrogens is 2. The quantitative estimate of drug-likeness (QED) is 0.496. The van der Waals surface area contributed by atoms with Crippen molar-refractivity contribution in [2.45, 2.75) is 11.4 Å². The molecule has 0 aliphatic rings. The number of amides is 1. The predicted octanol–water partition coefficient (Wildman–Crippen LogP) is 3.30. The molecule has 0 saturated carbocycles. The van der Waals surface area contributed by atoms with Gasteiger partial charge in [0.25, 0.3) is 11.5 Å². The minimum Gasteiger partial charge on any atom is -0.310 e. The van der Waals surface area contributed by atoms with Crippen LogP contribution in [0.25, 0.3) is 10.2 Å². The molecule has 0 bridgehead atoms. The van der Waals surface area contributed by atoms with Crippen molar-refractivity contribution in [1.29, 1.82) is 0 Å². The average molecular weight is 458 g/mol. The van der Waals surface area contributed by atoms with Gasteiger partial charge in [-0.05, 0) is 48.0 Å². The van der Waals surface area contributed by atoms with Crippen molar-refractivity contribution in [1.82, 2.24) is 9.55 Å². The first kappa shape index (κ1) is 20.9. The summed E-state index contributed by atoms with van der Waals surface area (Å²) in [6.45, 7) is 0.118. The molecule has 0 atom stereocenters. The monoisotopic (exact) mass is 457 g/mol. The Balaban J connectivity index is 1.59. The molecule has 10 heteroatoms. The smallest absolute Gasteiger partial charge is 0.263 e. The Morgan fingerprint density at radius 2 is 1.97 bits per heavy atom. The van der Waals surface area contributed by atoms with Crippen LogP contribution < -0.4 is 10.9 Å². The van der Waals surface area contributed by atoms with Gasteiger partial charge in [0, 0.05) is 12.5 Å². The lowest BCUT2D eigenvalue weighted by Crippen LogP contribution is -2.29. The molecular weight excluding hydrogens is 441 g/mol. The van der Waals surface area contributed by atoms with Crippen LogP contribution in [0.4, 0.5) is 9.52 Å². The first-order chi connectivity index (χ1) is 14.7. The number of hydrogen-bond donors (Lipinski definition) is 1. The standard InChI is InChI=1S/C21H16FN3O4S2/c1-31(28,29)15-7-8-17-18(11-15)30-21(23-17)24-19(26)16-6-3-9-25(20(16)27)12-13-4-2-5-14(22)10-13/h2-11H,12H2,1H3,(H,23,24,26). The highest BCUT2D eigenvalue weighted by Crippen LogP contribution is 2.28. The zero-order valence-electron chi connectivity index (χ0n) is 16.2. The Bertz CT molecular complexity index is 1480. The van der Waals surface area contributed by atoms with Crippen LogP contribution in [0.1, 0.15) is 15.9 Å². The van der Waals surface area contributed by atoms with Crippen molar-refractivity contribution in [2.75, 3.05) is 11.6 Å². The summed E-state index contributed by atoms with van der Waals surface area (Å²) in [7, 11) is -3.37. The largest absolute Gasteiger partial charge is 0.310 e. The van der Waals surface area contributed by atoms with E-state index in [4.69, 9.17) is 0 Å². The molecule has 1 N–H and O–H groups in total. The van der Waals surface area contributed by atoms with Gasteiger partial charge in [-0.15, -0.1) is 0 Å². The number of carbonyl (C=O) groups excluding carboxylic acids is 1. The van der Waals surface area contributed by atoms with E-state index in [1.165, 1.54) is 41.1 Å². The van der Waals surface area contributed by atoms with Gasteiger partial charge >= 0.3 is 0 Å². The van der Waals surface area contributed by atoms with E-state index in [2.05, 4.69) is 10.3 Å². The first-order valence-corrected chi connectivity index (χ1v) is 11.8. The third-order valence-electron chi connectivity index (χ3n) is 4.52. The number of hydrogen-bond acceptors (Lipinski definition) is 6. The van der Waals surface area contributed by atoms with Crippen LogP contribution >= 0.6 is 11.3 Å². The van der Waals surface area contributed by atoms with Crippen LogP contribution in [0.2, 0.25) is 0 Å². The lowest BCUT2D eigenvalue weighted by molar-refractivity contribution is 0.102. The Morgan fingerprint density at radius 3 is 2.71 bits per heavy atom. The summed E-state index contributed by atoms with van der Waals surface area (Å²) in [6, 6.07) is 13.3. The van der Waals surface area contributed by atoms with E-state index in [9.17, 15) is 22.4 Å². The van der Waals surface area contributed by atoms with Crippen molar-refractivity contribution in [3.63, 3.8) is 0 Å². The molecule has 2 heterocycles. The molecule has 4 rings (SSSR count). The number of halogens is 1. The Kier molecular flexibility index (Phi) is 5.42. The maximum Gasteiger partial charge on any atom is 0.263 e. The van der Waals surface area contributed by atoms with Crippen LogP contribution in [-0.2, 0) is 16.4 Å². The molecule has 2 aromatic carbocycles. The van der Waals surface area contributed by atoms with Crippen molar-refractivity contribution in [3.8, 4) is 0 Å². The third kappa shape index (κ3) is 4.54. The number of sulfone groups is 1. The maximum absolute atomic E-state index is 13.4. The topological polar surface area (TPSA) is 98.1 Å². The Labute approximate surface area is 180 Å². The maximum atomic E-state index is 13.4. The second kappa shape index (κ2) is 8.05. The van der Waals surface area contributed by atoms with Gasteiger partial charge in [-0.25, -0.2) is 17.8 Å². The fourth-order valence-electron chi connectivity index (χ4n) is 3.02. The van der Waals surface area contributed by atoms with Crippen LogP contribution in [-0.4, -0.2) is 30.1 Å². The summed E-state index contributed by atoms with van der Waals surface area (Å²) in [5.74, 6) is -1.05. The van der Waals surface area contributed by atoms with E-state index in [1.54, 1.807) is 24.3 Å². The van der Waals surface area contributed by atoms with E-state index in [1.807, 2.05) is 0 Å². The van der Waals surface area contributed by atoms with Gasteiger partial charge in [-0.2, -0.15) is 0 Å². The number of nitrogens with zero attached hydrogens (tertiary/aromatic N) is 2. The lowest BCUT2D eigenvalue weighted by Gasteiger charge is -2.08. The van der Waals surface area contributed by atoms with E-state index in [0.29, 0.717) is 15.8 Å². The molecule has 2 aromatic heterocycles. The number of rotatable bonds is 5. The minimum atomic E-state index is -3.37. The fourth-order valence-corrected chi connectivity index (χ4v) is 4.64. The van der Waals surface area contributed by atoms with E-state index in [0.717, 1.165) is 17.6 Å². The fraction of sp³-hybridized carbons (Fsp3) is 0.0952. The molecule has 158 valence electrons. The lowest BCUT2D eigenvalue weighted by atomic mass is 10.2. The van der Waals surface area contributed by atoms with Crippen LogP contribution in [0.15, 0.2) is 70.5 Å². The van der Waals surface area contributed by atoms with Crippen molar-refractivity contribution in [2.24, 2.45) is 0 Å². The summed E-state index contributed by atoms with van der Waals surface area (Å²) in [6.07, 6.45) is 2.64. The molecule has 0 aliphatic carbocycles. The third-order valence-corrected chi connectivity index (χ3v) is 6.56. The number of fused-ring (bicyclic) bond motifs is 1. The second-order valence-electron chi connectivity index (χ2n) is 6.86. The average Bonchev–Trinajstić information content (AvgIpc) is 3.10. The highest BCUT2D eigenvalue weighted by atomic mass is 32.2. The van der Waals surface area contributed by atoms with Crippen molar-refractivity contribution >= 4 is 42.4 Å². The van der Waals surface area contributed by atoms with Gasteiger partial charge < -0.3 is 4.57 Å². The number of pyridine rings is 1. The van der Waals surface area contributed by atoms with Gasteiger partial charge in [0.1, 0.15) is 11.4 Å². The summed E-state index contributed by atoms with van der Waals surface area (Å²) in [5.41, 5.74) is 0.511. The molecular formula is C21H16FN3O4S2. The van der Waals surface area contributed by atoms with Gasteiger partial charge in [0.15, 0.2) is 15.0 Å². The Morgan fingerprint density at radius 1 is 1.16 bits per heavy atom. The molecule has 0 radical (unpaired) electrons. The number of nitrogens with one attached hydrogen (secondary N) is 1. The van der Waals surface area contributed by atoms with E-state index < -0.39 is 27.1 Å². The number of carbonyl (C=O) groups is 1.